The van der Waals surface area contributed by atoms with E-state index in [1.807, 2.05) is 43.3 Å². The van der Waals surface area contributed by atoms with Crippen molar-refractivity contribution in [2.45, 2.75) is 19.4 Å². The van der Waals surface area contributed by atoms with E-state index in [4.69, 9.17) is 9.15 Å². The Balaban J connectivity index is 2.08. The van der Waals surface area contributed by atoms with Crippen molar-refractivity contribution in [1.82, 2.24) is 4.90 Å². The number of hydrogen-bond donors (Lipinski definition) is 0. The monoisotopic (exact) mass is 273 g/mol. The Bertz CT molecular complexity index is 563. The molecule has 4 nitrogen and oxygen atoms in total. The molecule has 2 aromatic rings. The van der Waals surface area contributed by atoms with Gasteiger partial charge in [0.25, 0.3) is 0 Å². The van der Waals surface area contributed by atoms with Crippen molar-refractivity contribution in [3.8, 4) is 5.75 Å². The first-order valence-corrected chi connectivity index (χ1v) is 6.54. The lowest BCUT2D eigenvalue weighted by Gasteiger charge is -2.23. The molecular formula is C16H19NO3. The van der Waals surface area contributed by atoms with Crippen molar-refractivity contribution < 1.29 is 13.9 Å². The Morgan fingerprint density at radius 3 is 2.70 bits per heavy atom. The fraction of sp³-hybridized carbons (Fsp3) is 0.312. The lowest BCUT2D eigenvalue weighted by Crippen LogP contribution is -2.30. The van der Waals surface area contributed by atoms with Crippen LogP contribution in [0.15, 0.2) is 47.1 Å². The maximum absolute atomic E-state index is 12.3. The molecule has 1 amide bonds. The molecule has 0 unspecified atom stereocenters. The van der Waals surface area contributed by atoms with E-state index in [0.29, 0.717) is 6.42 Å². The van der Waals surface area contributed by atoms with Gasteiger partial charge in [-0.25, -0.2) is 0 Å². The van der Waals surface area contributed by atoms with E-state index < -0.39 is 0 Å². The minimum absolute atomic E-state index is 0.0263. The second-order valence-electron chi connectivity index (χ2n) is 4.68. The molecule has 1 heterocycles. The summed E-state index contributed by atoms with van der Waals surface area (Å²) in [5.74, 6) is 1.54. The highest BCUT2D eigenvalue weighted by Gasteiger charge is 2.20. The second kappa shape index (κ2) is 6.28. The predicted octanol–water partition coefficient (Wildman–Crippen LogP) is 3.05. The van der Waals surface area contributed by atoms with E-state index in [-0.39, 0.29) is 11.9 Å². The van der Waals surface area contributed by atoms with Crippen LogP contribution in [0.5, 0.6) is 5.75 Å². The van der Waals surface area contributed by atoms with Crippen molar-refractivity contribution in [3.05, 3.63) is 54.0 Å². The van der Waals surface area contributed by atoms with E-state index in [1.54, 1.807) is 25.3 Å². The SMILES string of the molecule is COc1ccccc1CC(=O)N(C)[C@H](C)c1ccco1. The average molecular weight is 273 g/mol. The summed E-state index contributed by atoms with van der Waals surface area (Å²) in [5.41, 5.74) is 0.887. The van der Waals surface area contributed by atoms with Crippen LogP contribution < -0.4 is 4.74 Å². The molecule has 0 bridgehead atoms. The molecule has 1 aromatic carbocycles. The first-order valence-electron chi connectivity index (χ1n) is 6.54. The van der Waals surface area contributed by atoms with Crippen LogP contribution in [-0.2, 0) is 11.2 Å². The van der Waals surface area contributed by atoms with Gasteiger partial charge in [-0.3, -0.25) is 4.79 Å². The zero-order valence-corrected chi connectivity index (χ0v) is 12.0. The molecule has 0 N–H and O–H groups in total. The first kappa shape index (κ1) is 14.2. The molecule has 1 aromatic heterocycles. The van der Waals surface area contributed by atoms with Gasteiger partial charge in [-0.05, 0) is 25.1 Å². The number of para-hydroxylation sites is 1. The third-order valence-electron chi connectivity index (χ3n) is 3.46. The normalized spacial score (nSPS) is 11.9. The Morgan fingerprint density at radius 1 is 1.30 bits per heavy atom. The lowest BCUT2D eigenvalue weighted by atomic mass is 10.1. The number of carbonyl (C=O) groups is 1. The largest absolute Gasteiger partial charge is 0.496 e. The molecule has 0 saturated heterocycles. The van der Waals surface area contributed by atoms with Gasteiger partial charge >= 0.3 is 0 Å². The van der Waals surface area contributed by atoms with Crippen LogP contribution in [0.2, 0.25) is 0 Å². The minimum Gasteiger partial charge on any atom is -0.496 e. The maximum Gasteiger partial charge on any atom is 0.227 e. The molecule has 20 heavy (non-hydrogen) atoms. The summed E-state index contributed by atoms with van der Waals surface area (Å²) in [5, 5.41) is 0. The van der Waals surface area contributed by atoms with E-state index in [0.717, 1.165) is 17.1 Å². The van der Waals surface area contributed by atoms with Crippen LogP contribution in [-0.4, -0.2) is 25.0 Å². The number of ether oxygens (including phenoxy) is 1. The molecule has 4 heteroatoms. The highest BCUT2D eigenvalue weighted by atomic mass is 16.5. The fourth-order valence-electron chi connectivity index (χ4n) is 2.07. The van der Waals surface area contributed by atoms with Crippen molar-refractivity contribution in [3.63, 3.8) is 0 Å². The third kappa shape index (κ3) is 3.02. The number of amides is 1. The van der Waals surface area contributed by atoms with Gasteiger partial charge in [0.2, 0.25) is 5.91 Å². The summed E-state index contributed by atoms with van der Waals surface area (Å²) in [4.78, 5) is 14.0. The highest BCUT2D eigenvalue weighted by molar-refractivity contribution is 5.79. The Labute approximate surface area is 119 Å². The Hall–Kier alpha value is -2.23. The number of carbonyl (C=O) groups excluding carboxylic acids is 1. The van der Waals surface area contributed by atoms with Gasteiger partial charge in [0.05, 0.1) is 25.8 Å². The zero-order chi connectivity index (χ0) is 14.5. The minimum atomic E-state index is -0.0905. The molecule has 0 radical (unpaired) electrons. The van der Waals surface area contributed by atoms with Crippen molar-refractivity contribution in [1.29, 1.82) is 0 Å². The van der Waals surface area contributed by atoms with Gasteiger partial charge < -0.3 is 14.1 Å². The van der Waals surface area contributed by atoms with Crippen molar-refractivity contribution in [2.24, 2.45) is 0 Å². The van der Waals surface area contributed by atoms with E-state index >= 15 is 0 Å². The number of rotatable bonds is 5. The molecule has 0 aliphatic heterocycles. The van der Waals surface area contributed by atoms with Crippen LogP contribution >= 0.6 is 0 Å². The van der Waals surface area contributed by atoms with E-state index in [9.17, 15) is 4.79 Å². The Kier molecular flexibility index (Phi) is 4.45. The number of hydrogen-bond acceptors (Lipinski definition) is 3. The van der Waals surface area contributed by atoms with Gasteiger partial charge in [0.1, 0.15) is 11.5 Å². The molecule has 0 saturated carbocycles. The number of furan rings is 1. The summed E-state index contributed by atoms with van der Waals surface area (Å²) >= 11 is 0. The van der Waals surface area contributed by atoms with Gasteiger partial charge in [-0.2, -0.15) is 0 Å². The quantitative estimate of drug-likeness (QED) is 0.841. The summed E-state index contributed by atoms with van der Waals surface area (Å²) in [6, 6.07) is 11.2. The molecular weight excluding hydrogens is 254 g/mol. The summed E-state index contributed by atoms with van der Waals surface area (Å²) in [6.45, 7) is 1.94. The maximum atomic E-state index is 12.3. The number of methoxy groups -OCH3 is 1. The van der Waals surface area contributed by atoms with Crippen LogP contribution in [0, 0.1) is 0 Å². The van der Waals surface area contributed by atoms with Crippen LogP contribution in [0.25, 0.3) is 0 Å². The number of nitrogens with zero attached hydrogens (tertiary/aromatic N) is 1. The molecule has 1 atom stereocenters. The van der Waals surface area contributed by atoms with Crippen LogP contribution in [0.4, 0.5) is 0 Å². The first-order chi connectivity index (χ1) is 9.63. The van der Waals surface area contributed by atoms with Gasteiger partial charge in [0, 0.05) is 12.6 Å². The van der Waals surface area contributed by atoms with Gasteiger partial charge in [-0.15, -0.1) is 0 Å². The number of likely N-dealkylation sites (N-methyl/N-ethyl adjacent to an activating group) is 1. The summed E-state index contributed by atoms with van der Waals surface area (Å²) in [6.07, 6.45) is 1.93. The van der Waals surface area contributed by atoms with Gasteiger partial charge in [0.15, 0.2) is 0 Å². The molecule has 0 aliphatic carbocycles. The smallest absolute Gasteiger partial charge is 0.227 e. The fourth-order valence-corrected chi connectivity index (χ4v) is 2.07. The molecule has 0 fully saturated rings. The van der Waals surface area contributed by atoms with Gasteiger partial charge in [-0.1, -0.05) is 18.2 Å². The Morgan fingerprint density at radius 2 is 2.05 bits per heavy atom. The molecule has 0 aliphatic rings. The predicted molar refractivity (Wildman–Crippen MR) is 76.6 cm³/mol. The highest BCUT2D eigenvalue weighted by Crippen LogP contribution is 2.22. The van der Waals surface area contributed by atoms with Crippen LogP contribution in [0.3, 0.4) is 0 Å². The summed E-state index contributed by atoms with van der Waals surface area (Å²) < 4.78 is 10.6. The zero-order valence-electron chi connectivity index (χ0n) is 12.0. The van der Waals surface area contributed by atoms with Crippen molar-refractivity contribution >= 4 is 5.91 Å². The van der Waals surface area contributed by atoms with Crippen LogP contribution in [0.1, 0.15) is 24.3 Å². The molecule has 106 valence electrons. The van der Waals surface area contributed by atoms with E-state index in [2.05, 4.69) is 0 Å². The number of benzene rings is 1. The van der Waals surface area contributed by atoms with E-state index in [1.165, 1.54) is 0 Å². The van der Waals surface area contributed by atoms with Crippen molar-refractivity contribution in [2.75, 3.05) is 14.2 Å². The standard InChI is InChI=1S/C16H19NO3/c1-12(14-9-6-10-20-14)17(2)16(18)11-13-7-4-5-8-15(13)19-3/h4-10,12H,11H2,1-3H3/t12-/m1/s1. The molecule has 0 spiro atoms. The summed E-state index contributed by atoms with van der Waals surface area (Å²) in [7, 11) is 3.39. The third-order valence-corrected chi connectivity index (χ3v) is 3.46. The topological polar surface area (TPSA) is 42.7 Å². The average Bonchev–Trinajstić information content (AvgIpc) is 3.00. The molecule has 2 rings (SSSR count). The lowest BCUT2D eigenvalue weighted by molar-refractivity contribution is -0.131. The second-order valence-corrected chi connectivity index (χ2v) is 4.68.